The quantitative estimate of drug-likeness (QED) is 0.664. The molecule has 1 atom stereocenters. The van der Waals surface area contributed by atoms with Crippen LogP contribution in [0, 0.1) is 6.92 Å². The number of pyridine rings is 1. The first-order chi connectivity index (χ1) is 15.5. The molecule has 7 heteroatoms. The Morgan fingerprint density at radius 3 is 2.53 bits per heavy atom. The highest BCUT2D eigenvalue weighted by molar-refractivity contribution is 5.95. The Balaban J connectivity index is 1.37. The van der Waals surface area contributed by atoms with Crippen molar-refractivity contribution in [3.63, 3.8) is 0 Å². The number of nitrogens with zero attached hydrogens (tertiary/aromatic N) is 3. The molecule has 2 aliphatic heterocycles. The molecular formula is C25H33N3O4. The molecule has 0 aliphatic carbocycles. The number of aryl methyl sites for hydroxylation is 1. The van der Waals surface area contributed by atoms with Gasteiger partial charge in [0.2, 0.25) is 0 Å². The Morgan fingerprint density at radius 2 is 1.88 bits per heavy atom. The third-order valence-electron chi connectivity index (χ3n) is 6.31. The predicted molar refractivity (Wildman–Crippen MR) is 123 cm³/mol. The van der Waals surface area contributed by atoms with Gasteiger partial charge >= 0.3 is 0 Å². The van der Waals surface area contributed by atoms with Crippen molar-refractivity contribution >= 4 is 5.91 Å². The molecule has 1 unspecified atom stereocenters. The molecule has 2 saturated heterocycles. The van der Waals surface area contributed by atoms with Crippen LogP contribution in [0.2, 0.25) is 0 Å². The van der Waals surface area contributed by atoms with Gasteiger partial charge in [-0.2, -0.15) is 0 Å². The van der Waals surface area contributed by atoms with E-state index in [-0.39, 0.29) is 17.6 Å². The number of carbonyl (C=O) groups excluding carboxylic acids is 1. The van der Waals surface area contributed by atoms with Crippen molar-refractivity contribution in [1.82, 2.24) is 14.4 Å². The fourth-order valence-electron chi connectivity index (χ4n) is 4.46. The van der Waals surface area contributed by atoms with E-state index in [4.69, 9.17) is 9.47 Å². The fourth-order valence-corrected chi connectivity index (χ4v) is 4.46. The van der Waals surface area contributed by atoms with Crippen LogP contribution in [0.3, 0.4) is 0 Å². The second-order valence-corrected chi connectivity index (χ2v) is 8.61. The number of carbonyl (C=O) groups is 1. The monoisotopic (exact) mass is 439 g/mol. The number of benzene rings is 1. The minimum Gasteiger partial charge on any atom is -0.494 e. The summed E-state index contributed by atoms with van der Waals surface area (Å²) < 4.78 is 12.8. The molecular weight excluding hydrogens is 406 g/mol. The predicted octanol–water partition coefficient (Wildman–Crippen LogP) is 2.69. The highest BCUT2D eigenvalue weighted by atomic mass is 16.5. The lowest BCUT2D eigenvalue weighted by atomic mass is 10.1. The lowest BCUT2D eigenvalue weighted by Crippen LogP contribution is -2.49. The van der Waals surface area contributed by atoms with Gasteiger partial charge in [0.15, 0.2) is 0 Å². The van der Waals surface area contributed by atoms with Crippen LogP contribution in [0.15, 0.2) is 41.3 Å². The first kappa shape index (κ1) is 22.6. The zero-order chi connectivity index (χ0) is 22.5. The van der Waals surface area contributed by atoms with Crippen LogP contribution in [0.1, 0.15) is 41.3 Å². The number of amides is 1. The summed E-state index contributed by atoms with van der Waals surface area (Å²) in [6, 6.07) is 10.0. The van der Waals surface area contributed by atoms with E-state index in [1.54, 1.807) is 10.8 Å². The van der Waals surface area contributed by atoms with Crippen LogP contribution in [0.4, 0.5) is 0 Å². The van der Waals surface area contributed by atoms with Gasteiger partial charge in [-0.05, 0) is 56.0 Å². The van der Waals surface area contributed by atoms with Gasteiger partial charge in [0, 0.05) is 45.5 Å². The topological polar surface area (TPSA) is 64.0 Å². The average molecular weight is 440 g/mol. The summed E-state index contributed by atoms with van der Waals surface area (Å²) in [5, 5.41) is 0. The molecule has 3 heterocycles. The zero-order valence-corrected chi connectivity index (χ0v) is 19.1. The third kappa shape index (κ3) is 5.22. The largest absolute Gasteiger partial charge is 0.494 e. The van der Waals surface area contributed by atoms with Crippen molar-refractivity contribution in [2.24, 2.45) is 0 Å². The number of rotatable bonds is 7. The molecule has 32 heavy (non-hydrogen) atoms. The Hall–Kier alpha value is -2.64. The fraction of sp³-hybridized carbons (Fsp3) is 0.520. The van der Waals surface area contributed by atoms with Crippen molar-refractivity contribution in [2.75, 3.05) is 39.4 Å². The lowest BCUT2D eigenvalue weighted by molar-refractivity contribution is 0.0623. The second-order valence-electron chi connectivity index (χ2n) is 8.61. The summed E-state index contributed by atoms with van der Waals surface area (Å²) in [7, 11) is 0. The molecule has 4 rings (SSSR count). The number of hydrogen-bond donors (Lipinski definition) is 0. The summed E-state index contributed by atoms with van der Waals surface area (Å²) in [5.41, 5.74) is 2.05. The number of ether oxygens (including phenoxy) is 2. The van der Waals surface area contributed by atoms with Gasteiger partial charge in [0.05, 0.1) is 19.3 Å². The van der Waals surface area contributed by atoms with Crippen LogP contribution in [0.5, 0.6) is 5.75 Å². The molecule has 1 aromatic carbocycles. The van der Waals surface area contributed by atoms with Gasteiger partial charge in [0.25, 0.3) is 11.5 Å². The molecule has 1 aromatic heterocycles. The second kappa shape index (κ2) is 10.3. The summed E-state index contributed by atoms with van der Waals surface area (Å²) in [6.07, 6.45) is 3.83. The zero-order valence-electron chi connectivity index (χ0n) is 19.1. The van der Waals surface area contributed by atoms with Crippen LogP contribution < -0.4 is 10.3 Å². The molecule has 0 spiro atoms. The molecule has 0 radical (unpaired) electrons. The SMILES string of the molecule is CCOc1ccc(CN2CCN(C(=O)c3c(C)ccn(CC4CCCO4)c3=O)CC2)cc1. The maximum absolute atomic E-state index is 13.2. The van der Waals surface area contributed by atoms with E-state index in [1.807, 2.05) is 36.9 Å². The molecule has 1 amide bonds. The van der Waals surface area contributed by atoms with Gasteiger partial charge in [-0.15, -0.1) is 0 Å². The van der Waals surface area contributed by atoms with E-state index in [0.29, 0.717) is 31.8 Å². The van der Waals surface area contributed by atoms with E-state index >= 15 is 0 Å². The highest BCUT2D eigenvalue weighted by Crippen LogP contribution is 2.17. The molecule has 2 aromatic rings. The van der Waals surface area contributed by atoms with Gasteiger partial charge in [0.1, 0.15) is 11.3 Å². The Labute approximate surface area is 189 Å². The first-order valence-corrected chi connectivity index (χ1v) is 11.6. The summed E-state index contributed by atoms with van der Waals surface area (Å²) in [6.45, 7) is 9.39. The molecule has 0 bridgehead atoms. The molecule has 172 valence electrons. The van der Waals surface area contributed by atoms with Crippen LogP contribution in [-0.2, 0) is 17.8 Å². The Morgan fingerprint density at radius 1 is 1.12 bits per heavy atom. The van der Waals surface area contributed by atoms with E-state index in [2.05, 4.69) is 17.0 Å². The Kier molecular flexibility index (Phi) is 7.27. The van der Waals surface area contributed by atoms with E-state index in [9.17, 15) is 9.59 Å². The highest BCUT2D eigenvalue weighted by Gasteiger charge is 2.26. The summed E-state index contributed by atoms with van der Waals surface area (Å²) in [4.78, 5) is 30.5. The number of aromatic nitrogens is 1. The Bertz CT molecular complexity index is 972. The van der Waals surface area contributed by atoms with Crippen molar-refractivity contribution in [2.45, 2.75) is 45.9 Å². The maximum Gasteiger partial charge on any atom is 0.263 e. The normalized spacial score (nSPS) is 19.3. The van der Waals surface area contributed by atoms with Gasteiger partial charge < -0.3 is 18.9 Å². The minimum absolute atomic E-state index is 0.0597. The van der Waals surface area contributed by atoms with Crippen molar-refractivity contribution < 1.29 is 14.3 Å². The van der Waals surface area contributed by atoms with Crippen LogP contribution in [0.25, 0.3) is 0 Å². The number of hydrogen-bond acceptors (Lipinski definition) is 5. The van der Waals surface area contributed by atoms with Crippen LogP contribution >= 0.6 is 0 Å². The maximum atomic E-state index is 13.2. The summed E-state index contributed by atoms with van der Waals surface area (Å²) >= 11 is 0. The van der Waals surface area contributed by atoms with Crippen LogP contribution in [-0.4, -0.2) is 65.8 Å². The van der Waals surface area contributed by atoms with E-state index in [0.717, 1.165) is 50.4 Å². The van der Waals surface area contributed by atoms with E-state index in [1.165, 1.54) is 5.56 Å². The first-order valence-electron chi connectivity index (χ1n) is 11.6. The minimum atomic E-state index is -0.206. The molecule has 7 nitrogen and oxygen atoms in total. The van der Waals surface area contributed by atoms with E-state index < -0.39 is 0 Å². The lowest BCUT2D eigenvalue weighted by Gasteiger charge is -2.35. The van der Waals surface area contributed by atoms with Gasteiger partial charge in [-0.25, -0.2) is 0 Å². The molecule has 0 N–H and O–H groups in total. The molecule has 2 fully saturated rings. The van der Waals surface area contributed by atoms with Crippen molar-refractivity contribution in [1.29, 1.82) is 0 Å². The third-order valence-corrected chi connectivity index (χ3v) is 6.31. The van der Waals surface area contributed by atoms with Gasteiger partial charge in [-0.3, -0.25) is 14.5 Å². The average Bonchev–Trinajstić information content (AvgIpc) is 3.31. The number of piperazine rings is 1. The summed E-state index contributed by atoms with van der Waals surface area (Å²) in [5.74, 6) is 0.727. The van der Waals surface area contributed by atoms with Crippen molar-refractivity contribution in [3.8, 4) is 5.75 Å². The van der Waals surface area contributed by atoms with Gasteiger partial charge in [-0.1, -0.05) is 12.1 Å². The smallest absolute Gasteiger partial charge is 0.263 e. The molecule has 0 saturated carbocycles. The standard InChI is InChI=1S/C25H33N3O4/c1-3-31-21-8-6-20(7-9-21)17-26-12-14-27(15-13-26)24(29)23-19(2)10-11-28(25(23)30)18-22-5-4-16-32-22/h6-11,22H,3-5,12-18H2,1-2H3. The van der Waals surface area contributed by atoms with Crippen molar-refractivity contribution in [3.05, 3.63) is 63.6 Å². The molecule has 2 aliphatic rings.